The number of ether oxygens (including phenoxy) is 1. The third kappa shape index (κ3) is 4.85. The van der Waals surface area contributed by atoms with Crippen LogP contribution < -0.4 is 56.1 Å². The third-order valence-electron chi connectivity index (χ3n) is 3.79. The topological polar surface area (TPSA) is 85.0 Å². The molecule has 3 rings (SSSR count). The van der Waals surface area contributed by atoms with Crippen molar-refractivity contribution in [3.05, 3.63) is 65.2 Å². The number of hydrogen-bond donors (Lipinski definition) is 0. The minimum atomic E-state index is -4.15. The molecular formula is C17H13F3KN3O3S. The molecule has 1 aromatic heterocycles. The van der Waals surface area contributed by atoms with Gasteiger partial charge in [0, 0.05) is 10.5 Å². The minimum absolute atomic E-state index is 0. The van der Waals surface area contributed by atoms with Crippen LogP contribution in [0.4, 0.5) is 13.2 Å². The van der Waals surface area contributed by atoms with Gasteiger partial charge < -0.3 is 9.88 Å². The number of benzene rings is 2. The van der Waals surface area contributed by atoms with Crippen LogP contribution in [0.15, 0.2) is 53.4 Å². The molecule has 0 amide bonds. The molecule has 0 aliphatic carbocycles. The molecule has 0 fully saturated rings. The molecule has 0 bridgehead atoms. The largest absolute Gasteiger partial charge is 1.00 e. The second kappa shape index (κ2) is 9.07. The second-order valence-corrected chi connectivity index (χ2v) is 6.99. The van der Waals surface area contributed by atoms with E-state index >= 15 is 0 Å². The van der Waals surface area contributed by atoms with Gasteiger partial charge in [0.1, 0.15) is 5.69 Å². The predicted molar refractivity (Wildman–Crippen MR) is 92.0 cm³/mol. The van der Waals surface area contributed by atoms with Crippen molar-refractivity contribution in [2.75, 3.05) is 7.11 Å². The Morgan fingerprint density at radius 2 is 1.75 bits per heavy atom. The molecule has 0 atom stereocenters. The Kier molecular flexibility index (Phi) is 7.48. The van der Waals surface area contributed by atoms with E-state index in [1.165, 1.54) is 43.5 Å². The Balaban J connectivity index is 0.00000280. The predicted octanol–water partition coefficient (Wildman–Crippen LogP) is 1.37. The van der Waals surface area contributed by atoms with Gasteiger partial charge in [0.15, 0.2) is 11.6 Å². The summed E-state index contributed by atoms with van der Waals surface area (Å²) in [5.74, 6) is -0.666. The van der Waals surface area contributed by atoms with Crippen LogP contribution in [-0.2, 0) is 10.0 Å². The number of nitrogens with one attached hydrogen (secondary N) is 1. The quantitative estimate of drug-likeness (QED) is 0.567. The zero-order chi connectivity index (χ0) is 19.8. The van der Waals surface area contributed by atoms with Crippen LogP contribution in [-0.4, -0.2) is 25.3 Å². The van der Waals surface area contributed by atoms with Gasteiger partial charge >= 0.3 is 51.4 Å². The number of nitrogens with zero attached hydrogens (tertiary/aromatic N) is 2. The van der Waals surface area contributed by atoms with Gasteiger partial charge in [-0.25, -0.2) is 26.3 Å². The van der Waals surface area contributed by atoms with Crippen LogP contribution in [0.2, 0.25) is 0 Å². The van der Waals surface area contributed by atoms with E-state index in [1.807, 2.05) is 0 Å². The summed E-state index contributed by atoms with van der Waals surface area (Å²) in [5.41, 5.74) is 0.233. The first-order valence-electron chi connectivity index (χ1n) is 7.53. The fourth-order valence-corrected chi connectivity index (χ4v) is 3.00. The summed E-state index contributed by atoms with van der Waals surface area (Å²) in [5, 5.41) is 10.9. The van der Waals surface area contributed by atoms with Crippen molar-refractivity contribution in [2.45, 2.75) is 11.3 Å². The summed E-state index contributed by atoms with van der Waals surface area (Å²) in [6, 6.07) is 10.1. The van der Waals surface area contributed by atoms with Crippen molar-refractivity contribution >= 4 is 10.0 Å². The monoisotopic (exact) mass is 435 g/mol. The zero-order valence-corrected chi connectivity index (χ0v) is 18.8. The molecule has 0 saturated heterocycles. The number of methoxy groups -OCH3 is 1. The standard InChI is InChI=1S/C17H13F3N3O3S.K/c1-26-16-7-2-10(8-13(16)18)15-9-14(17(19)20)22-23(15)11-3-5-12(6-4-11)27(21,24)25;/h2-9,17H,1H3,(H-,21,24,25);/q-1;+1. The Bertz CT molecular complexity index is 1090. The molecule has 0 radical (unpaired) electrons. The van der Waals surface area contributed by atoms with Crippen LogP contribution in [0.5, 0.6) is 5.75 Å². The van der Waals surface area contributed by atoms with Crippen LogP contribution in [0.25, 0.3) is 22.1 Å². The number of alkyl halides is 2. The number of rotatable bonds is 5. The van der Waals surface area contributed by atoms with Gasteiger partial charge in [-0.3, -0.25) is 0 Å². The van der Waals surface area contributed by atoms with Crippen molar-refractivity contribution in [3.63, 3.8) is 0 Å². The maximum atomic E-state index is 14.0. The first-order valence-corrected chi connectivity index (χ1v) is 9.01. The van der Waals surface area contributed by atoms with Gasteiger partial charge in [-0.2, -0.15) is 5.10 Å². The minimum Gasteiger partial charge on any atom is -0.560 e. The van der Waals surface area contributed by atoms with E-state index in [2.05, 4.69) is 5.10 Å². The summed E-state index contributed by atoms with van der Waals surface area (Å²) >= 11 is 0. The molecule has 6 nitrogen and oxygen atoms in total. The van der Waals surface area contributed by atoms with Crippen LogP contribution in [0.3, 0.4) is 0 Å². The fraction of sp³-hybridized carbons (Fsp3) is 0.118. The van der Waals surface area contributed by atoms with E-state index in [-0.39, 0.29) is 79.0 Å². The van der Waals surface area contributed by atoms with Gasteiger partial charge in [-0.05, 0) is 48.5 Å². The molecule has 0 saturated carbocycles. The molecule has 0 unspecified atom stereocenters. The average Bonchev–Trinajstić information content (AvgIpc) is 3.06. The normalized spacial score (nSPS) is 11.4. The zero-order valence-electron chi connectivity index (χ0n) is 14.9. The number of halogens is 3. The molecule has 11 heteroatoms. The maximum absolute atomic E-state index is 14.0. The molecule has 0 spiro atoms. The summed E-state index contributed by atoms with van der Waals surface area (Å²) in [6.45, 7) is 0. The van der Waals surface area contributed by atoms with Gasteiger partial charge in [0.2, 0.25) is 0 Å². The molecule has 0 aliphatic heterocycles. The van der Waals surface area contributed by atoms with Gasteiger partial charge in [0.05, 0.1) is 28.5 Å². The Morgan fingerprint density at radius 1 is 1.11 bits per heavy atom. The maximum Gasteiger partial charge on any atom is 1.00 e. The van der Waals surface area contributed by atoms with E-state index in [4.69, 9.17) is 9.88 Å². The summed E-state index contributed by atoms with van der Waals surface area (Å²) in [7, 11) is -2.84. The first-order chi connectivity index (χ1) is 12.7. The van der Waals surface area contributed by atoms with Crippen molar-refractivity contribution in [1.29, 1.82) is 0 Å². The van der Waals surface area contributed by atoms with E-state index in [1.54, 1.807) is 0 Å². The SMILES string of the molecule is COc1ccc(-c2cc(C(F)F)nn2-c2ccc(S([NH-])(=O)=O)cc2)cc1F.[K+]. The number of sulfonamides is 1. The Morgan fingerprint density at radius 3 is 2.25 bits per heavy atom. The third-order valence-corrected chi connectivity index (χ3v) is 4.68. The Hall–Kier alpha value is -1.21. The van der Waals surface area contributed by atoms with Crippen LogP contribution in [0.1, 0.15) is 12.1 Å². The summed E-state index contributed by atoms with van der Waals surface area (Å²) in [6.07, 6.45) is -2.85. The number of hydrogen-bond acceptors (Lipinski definition) is 4. The van der Waals surface area contributed by atoms with Crippen molar-refractivity contribution in [2.24, 2.45) is 0 Å². The fourth-order valence-electron chi connectivity index (χ4n) is 2.50. The van der Waals surface area contributed by atoms with Crippen molar-refractivity contribution in [1.82, 2.24) is 9.78 Å². The van der Waals surface area contributed by atoms with E-state index in [9.17, 15) is 21.6 Å². The van der Waals surface area contributed by atoms with Crippen LogP contribution >= 0.6 is 0 Å². The van der Waals surface area contributed by atoms with E-state index in [0.717, 1.165) is 16.8 Å². The molecule has 142 valence electrons. The molecule has 0 aliphatic rings. The molecule has 3 aromatic rings. The summed E-state index contributed by atoms with van der Waals surface area (Å²) in [4.78, 5) is -0.246. The average molecular weight is 435 g/mol. The van der Waals surface area contributed by atoms with E-state index < -0.39 is 28.0 Å². The van der Waals surface area contributed by atoms with Crippen LogP contribution in [0, 0.1) is 5.82 Å². The van der Waals surface area contributed by atoms with Gasteiger partial charge in [-0.1, -0.05) is 0 Å². The molecular weight excluding hydrogens is 422 g/mol. The molecule has 28 heavy (non-hydrogen) atoms. The smallest absolute Gasteiger partial charge is 0.560 e. The molecule has 1 heterocycles. The molecule has 1 N–H and O–H groups in total. The molecule has 2 aromatic carbocycles. The van der Waals surface area contributed by atoms with Crippen molar-refractivity contribution in [3.8, 4) is 22.7 Å². The summed E-state index contributed by atoms with van der Waals surface area (Å²) < 4.78 is 68.8. The first kappa shape index (κ1) is 23.1. The van der Waals surface area contributed by atoms with Crippen molar-refractivity contribution < 1.29 is 77.7 Å². The van der Waals surface area contributed by atoms with Gasteiger partial charge in [-0.15, -0.1) is 0 Å². The van der Waals surface area contributed by atoms with E-state index in [0.29, 0.717) is 0 Å². The number of aromatic nitrogens is 2. The second-order valence-electron chi connectivity index (χ2n) is 5.51. The van der Waals surface area contributed by atoms with Gasteiger partial charge in [0.25, 0.3) is 6.43 Å². The Labute approximate surface area is 202 Å².